The van der Waals surface area contributed by atoms with Crippen LogP contribution in [0.4, 0.5) is 0 Å². The summed E-state index contributed by atoms with van der Waals surface area (Å²) in [4.78, 5) is 17.0. The molecule has 0 aromatic carbocycles. The summed E-state index contributed by atoms with van der Waals surface area (Å²) in [5.41, 5.74) is 0. The number of nitrogens with one attached hydrogen (secondary N) is 1. The summed E-state index contributed by atoms with van der Waals surface area (Å²) in [5.74, 6) is 0. The lowest BCUT2D eigenvalue weighted by Crippen LogP contribution is -2.64. The summed E-state index contributed by atoms with van der Waals surface area (Å²) in [6.45, 7) is 0. The molecule has 8 N–H and O–H groups in total. The molecule has 0 aromatic rings. The average molecular weight is 441 g/mol. The van der Waals surface area contributed by atoms with Gasteiger partial charge in [-0.25, -0.2) is 4.57 Å². The zero-order chi connectivity index (χ0) is 21.6. The molecule has 4 unspecified atom stereocenters. The van der Waals surface area contributed by atoms with E-state index in [9.17, 15) is 25.0 Å². The molecule has 29 heavy (non-hydrogen) atoms. The second-order valence-corrected chi connectivity index (χ2v) is 9.54. The molecule has 3 aliphatic carbocycles. The van der Waals surface area contributed by atoms with E-state index < -0.39 is 44.4 Å². The SMILES string of the molecule is C1CCC(NC2CCCCC2)CC1.O=P(O)(O)OC1C(O)C(O)C(O)C(O)C1O. The molecule has 4 atom stereocenters. The van der Waals surface area contributed by atoms with Gasteiger partial charge in [-0.2, -0.15) is 0 Å². The van der Waals surface area contributed by atoms with Crippen molar-refractivity contribution in [2.45, 2.75) is 113 Å². The van der Waals surface area contributed by atoms with Gasteiger partial charge in [-0.05, 0) is 25.7 Å². The van der Waals surface area contributed by atoms with Gasteiger partial charge in [0.1, 0.15) is 36.6 Å². The number of phosphoric acid groups is 1. The largest absolute Gasteiger partial charge is 0.470 e. The molecule has 0 amide bonds. The van der Waals surface area contributed by atoms with Crippen molar-refractivity contribution in [2.24, 2.45) is 0 Å². The van der Waals surface area contributed by atoms with Crippen molar-refractivity contribution in [3.05, 3.63) is 0 Å². The number of phosphoric ester groups is 1. The fourth-order valence-electron chi connectivity index (χ4n) is 4.35. The van der Waals surface area contributed by atoms with Crippen LogP contribution in [0, 0.1) is 0 Å². The molecule has 172 valence electrons. The standard InChI is InChI=1S/C12H23N.C6H13O9P/c1-3-7-11(8-4-1)13-12-9-5-2-6-10-12;7-1-2(8)4(10)6(5(11)3(1)9)15-16(12,13)14/h11-13H,1-10H2;1-11H,(H2,12,13,14). The fraction of sp³-hybridized carbons (Fsp3) is 1.00. The topological polar surface area (TPSA) is 180 Å². The smallest absolute Gasteiger partial charge is 0.387 e. The number of aliphatic hydroxyl groups excluding tert-OH is 5. The summed E-state index contributed by atoms with van der Waals surface area (Å²) < 4.78 is 14.5. The predicted octanol–water partition coefficient (Wildman–Crippen LogP) is -0.476. The van der Waals surface area contributed by atoms with Crippen LogP contribution in [0.25, 0.3) is 0 Å². The lowest BCUT2D eigenvalue weighted by Gasteiger charge is -2.41. The molecule has 0 bridgehead atoms. The van der Waals surface area contributed by atoms with E-state index in [1.165, 1.54) is 64.2 Å². The first kappa shape index (κ1) is 25.1. The minimum Gasteiger partial charge on any atom is -0.387 e. The molecular weight excluding hydrogens is 405 g/mol. The molecule has 0 aromatic heterocycles. The summed E-state index contributed by atoms with van der Waals surface area (Å²) in [6.07, 6.45) is 3.22. The Morgan fingerprint density at radius 1 is 0.621 bits per heavy atom. The van der Waals surface area contributed by atoms with Gasteiger partial charge in [0.15, 0.2) is 0 Å². The molecule has 11 heteroatoms. The minimum atomic E-state index is -5.01. The van der Waals surface area contributed by atoms with Crippen LogP contribution in [0.3, 0.4) is 0 Å². The van der Waals surface area contributed by atoms with Gasteiger partial charge in [0.25, 0.3) is 0 Å². The second-order valence-electron chi connectivity index (χ2n) is 8.35. The van der Waals surface area contributed by atoms with Gasteiger partial charge in [0, 0.05) is 12.1 Å². The molecule has 3 rings (SSSR count). The van der Waals surface area contributed by atoms with Crippen LogP contribution < -0.4 is 5.32 Å². The Morgan fingerprint density at radius 2 is 0.966 bits per heavy atom. The van der Waals surface area contributed by atoms with Crippen LogP contribution in [0.5, 0.6) is 0 Å². The number of hydrogen-bond donors (Lipinski definition) is 8. The highest BCUT2D eigenvalue weighted by atomic mass is 31.2. The van der Waals surface area contributed by atoms with Crippen molar-refractivity contribution in [2.75, 3.05) is 0 Å². The number of aliphatic hydroxyl groups is 5. The number of rotatable bonds is 4. The molecule has 0 radical (unpaired) electrons. The van der Waals surface area contributed by atoms with Gasteiger partial charge in [0.2, 0.25) is 0 Å². The van der Waals surface area contributed by atoms with Crippen molar-refractivity contribution in [3.8, 4) is 0 Å². The Labute approximate surface area is 171 Å². The van der Waals surface area contributed by atoms with Gasteiger partial charge in [0.05, 0.1) is 0 Å². The monoisotopic (exact) mass is 441 g/mol. The summed E-state index contributed by atoms with van der Waals surface area (Å²) >= 11 is 0. The van der Waals surface area contributed by atoms with E-state index in [4.69, 9.17) is 14.9 Å². The van der Waals surface area contributed by atoms with E-state index in [0.29, 0.717) is 0 Å². The first-order chi connectivity index (χ1) is 13.6. The molecule has 3 aliphatic rings. The van der Waals surface area contributed by atoms with Crippen LogP contribution in [-0.2, 0) is 9.09 Å². The third-order valence-electron chi connectivity index (χ3n) is 6.01. The zero-order valence-corrected chi connectivity index (χ0v) is 17.5. The van der Waals surface area contributed by atoms with E-state index >= 15 is 0 Å². The third kappa shape index (κ3) is 7.81. The molecule has 3 saturated carbocycles. The van der Waals surface area contributed by atoms with Gasteiger partial charge >= 0.3 is 7.82 Å². The van der Waals surface area contributed by atoms with E-state index in [2.05, 4.69) is 9.84 Å². The lowest BCUT2D eigenvalue weighted by molar-refractivity contribution is -0.219. The third-order valence-corrected chi connectivity index (χ3v) is 6.53. The van der Waals surface area contributed by atoms with Crippen molar-refractivity contribution in [1.82, 2.24) is 5.32 Å². The Morgan fingerprint density at radius 3 is 1.31 bits per heavy atom. The normalized spacial score (nSPS) is 37.6. The molecule has 0 aliphatic heterocycles. The average Bonchev–Trinajstić information content (AvgIpc) is 2.70. The maximum atomic E-state index is 10.5. The van der Waals surface area contributed by atoms with Crippen LogP contribution in [0.2, 0.25) is 0 Å². The molecule has 0 spiro atoms. The quantitative estimate of drug-likeness (QED) is 0.266. The van der Waals surface area contributed by atoms with Crippen molar-refractivity contribution < 1.29 is 44.4 Å². The summed E-state index contributed by atoms with van der Waals surface area (Å²) in [6, 6.07) is 1.74. The molecule has 0 saturated heterocycles. The first-order valence-corrected chi connectivity index (χ1v) is 12.0. The highest BCUT2D eigenvalue weighted by Crippen LogP contribution is 2.41. The van der Waals surface area contributed by atoms with Crippen LogP contribution in [0.1, 0.15) is 64.2 Å². The van der Waals surface area contributed by atoms with Crippen LogP contribution >= 0.6 is 7.82 Å². The van der Waals surface area contributed by atoms with Gasteiger partial charge in [-0.3, -0.25) is 4.52 Å². The maximum absolute atomic E-state index is 10.5. The molecular formula is C18H36NO9P. The van der Waals surface area contributed by atoms with Crippen molar-refractivity contribution in [3.63, 3.8) is 0 Å². The van der Waals surface area contributed by atoms with Gasteiger partial charge < -0.3 is 40.6 Å². The van der Waals surface area contributed by atoms with Crippen molar-refractivity contribution in [1.29, 1.82) is 0 Å². The summed E-state index contributed by atoms with van der Waals surface area (Å²) in [7, 11) is -5.01. The zero-order valence-electron chi connectivity index (χ0n) is 16.6. The van der Waals surface area contributed by atoms with E-state index in [-0.39, 0.29) is 0 Å². The van der Waals surface area contributed by atoms with Crippen molar-refractivity contribution >= 4 is 7.82 Å². The lowest BCUT2D eigenvalue weighted by atomic mass is 9.85. The Balaban J connectivity index is 0.000000211. The minimum absolute atomic E-state index is 0.872. The van der Waals surface area contributed by atoms with Gasteiger partial charge in [-0.1, -0.05) is 38.5 Å². The molecule has 10 nitrogen and oxygen atoms in total. The first-order valence-electron chi connectivity index (χ1n) is 10.5. The summed E-state index contributed by atoms with van der Waals surface area (Å²) in [5, 5.41) is 50.0. The second kappa shape index (κ2) is 11.5. The predicted molar refractivity (Wildman–Crippen MR) is 104 cm³/mol. The highest BCUT2D eigenvalue weighted by molar-refractivity contribution is 7.46. The van der Waals surface area contributed by atoms with Crippen LogP contribution in [0.15, 0.2) is 0 Å². The molecule has 3 fully saturated rings. The Bertz CT molecular complexity index is 489. The Kier molecular flexibility index (Phi) is 9.95. The number of hydrogen-bond acceptors (Lipinski definition) is 8. The van der Waals surface area contributed by atoms with E-state index in [0.717, 1.165) is 12.1 Å². The molecule has 0 heterocycles. The van der Waals surface area contributed by atoms with Gasteiger partial charge in [-0.15, -0.1) is 0 Å². The highest BCUT2D eigenvalue weighted by Gasteiger charge is 2.50. The fourth-order valence-corrected chi connectivity index (χ4v) is 4.92. The van der Waals surface area contributed by atoms with Crippen LogP contribution in [-0.4, -0.2) is 84.0 Å². The van der Waals surface area contributed by atoms with E-state index in [1.807, 2.05) is 0 Å². The van der Waals surface area contributed by atoms with E-state index in [1.54, 1.807) is 0 Å². The maximum Gasteiger partial charge on any atom is 0.470 e. The Hall–Kier alpha value is -0.130.